The van der Waals surface area contributed by atoms with E-state index in [0.717, 1.165) is 6.26 Å². The number of nitrogens with one attached hydrogen (secondary N) is 1. The van der Waals surface area contributed by atoms with Crippen molar-refractivity contribution in [3.8, 4) is 0 Å². The molecule has 1 aliphatic heterocycles. The van der Waals surface area contributed by atoms with Crippen LogP contribution in [0.1, 0.15) is 0 Å². The van der Waals surface area contributed by atoms with Gasteiger partial charge < -0.3 is 9.15 Å². The summed E-state index contributed by atoms with van der Waals surface area (Å²) in [4.78, 5) is 26.8. The first-order valence-electron chi connectivity index (χ1n) is 6.27. The first-order chi connectivity index (χ1) is 10.3. The number of carbonyl (C=O) groups excluding carboxylic acids is 1. The van der Waals surface area contributed by atoms with Gasteiger partial charge in [0.2, 0.25) is 0 Å². The third kappa shape index (κ3) is 2.97. The molecule has 1 N–H and O–H groups in total. The number of carbonyl (C=O) groups is 1. The van der Waals surface area contributed by atoms with Crippen LogP contribution < -0.4 is 10.7 Å². The van der Waals surface area contributed by atoms with Gasteiger partial charge >= 0.3 is 11.8 Å². The number of oxazole rings is 1. The molecule has 1 amide bonds. The summed E-state index contributed by atoms with van der Waals surface area (Å²) in [7, 11) is -3.60. The molecule has 3 rings (SSSR count). The Balaban J connectivity index is 1.78. The molecule has 1 aliphatic rings. The molecule has 0 spiro atoms. The number of benzene rings is 1. The molecule has 118 valence electrons. The number of rotatable bonds is 4. The van der Waals surface area contributed by atoms with Gasteiger partial charge in [-0.05, 0) is 12.1 Å². The highest BCUT2D eigenvalue weighted by atomic mass is 32.2. The normalized spacial score (nSPS) is 18.9. The van der Waals surface area contributed by atoms with E-state index in [-0.39, 0.29) is 13.2 Å². The molecule has 10 heteroatoms. The Labute approximate surface area is 124 Å². The molecule has 1 saturated heterocycles. The molecule has 0 unspecified atom stereocenters. The fourth-order valence-electron chi connectivity index (χ4n) is 2.12. The van der Waals surface area contributed by atoms with Gasteiger partial charge in [0.1, 0.15) is 12.7 Å². The summed E-state index contributed by atoms with van der Waals surface area (Å²) in [6, 6.07) is 4.74. The van der Waals surface area contributed by atoms with E-state index in [9.17, 15) is 18.0 Å². The molecule has 0 bridgehead atoms. The predicted octanol–water partition coefficient (Wildman–Crippen LogP) is 0.422. The number of anilines is 1. The third-order valence-corrected chi connectivity index (χ3v) is 3.62. The minimum absolute atomic E-state index is 0.133. The van der Waals surface area contributed by atoms with Gasteiger partial charge in [-0.2, -0.15) is 8.42 Å². The van der Waals surface area contributed by atoms with E-state index in [1.807, 2.05) is 0 Å². The van der Waals surface area contributed by atoms with Crippen LogP contribution in [0.25, 0.3) is 11.1 Å². The summed E-state index contributed by atoms with van der Waals surface area (Å²) in [6.07, 6.45) is -0.404. The Bertz CT molecular complexity index is 882. The number of cyclic esters (lactones) is 1. The molecule has 9 nitrogen and oxygen atoms in total. The Kier molecular flexibility index (Phi) is 3.41. The van der Waals surface area contributed by atoms with E-state index in [1.54, 1.807) is 12.1 Å². The molecule has 1 fully saturated rings. The zero-order valence-corrected chi connectivity index (χ0v) is 12.3. The van der Waals surface area contributed by atoms with Crippen LogP contribution in [0, 0.1) is 0 Å². The van der Waals surface area contributed by atoms with Gasteiger partial charge in [0.15, 0.2) is 5.58 Å². The van der Waals surface area contributed by atoms with Crippen molar-refractivity contribution in [2.75, 3.05) is 24.3 Å². The van der Waals surface area contributed by atoms with Crippen molar-refractivity contribution in [2.45, 2.75) is 6.10 Å². The summed E-state index contributed by atoms with van der Waals surface area (Å²) >= 11 is 0. The second-order valence-electron chi connectivity index (χ2n) is 4.80. The number of amides is 1. The Morgan fingerprint density at radius 2 is 2.18 bits per heavy atom. The van der Waals surface area contributed by atoms with Gasteiger partial charge in [0.25, 0.3) is 10.1 Å². The van der Waals surface area contributed by atoms with Crippen molar-refractivity contribution in [1.29, 1.82) is 0 Å². The smallest absolute Gasteiger partial charge is 0.417 e. The lowest BCUT2D eigenvalue weighted by Crippen LogP contribution is -2.26. The molecular weight excluding hydrogens is 316 g/mol. The fourth-order valence-corrected chi connectivity index (χ4v) is 2.52. The Hall–Kier alpha value is -2.33. The average Bonchev–Trinajstić information content (AvgIpc) is 2.96. The number of nitrogens with zero attached hydrogens (tertiary/aromatic N) is 1. The molecule has 0 aliphatic carbocycles. The third-order valence-electron chi connectivity index (χ3n) is 3.06. The highest BCUT2D eigenvalue weighted by Gasteiger charge is 2.33. The quantitative estimate of drug-likeness (QED) is 0.808. The van der Waals surface area contributed by atoms with Gasteiger partial charge in [-0.25, -0.2) is 9.59 Å². The minimum Gasteiger partial charge on any atom is -0.441 e. The molecule has 1 atom stereocenters. The lowest BCUT2D eigenvalue weighted by Gasteiger charge is -2.12. The number of aromatic nitrogens is 1. The molecule has 2 heterocycles. The topological polar surface area (TPSA) is 119 Å². The second kappa shape index (κ2) is 5.14. The van der Waals surface area contributed by atoms with E-state index >= 15 is 0 Å². The summed E-state index contributed by atoms with van der Waals surface area (Å²) in [5, 5.41) is 0. The van der Waals surface area contributed by atoms with Crippen LogP contribution in [-0.2, 0) is 19.0 Å². The number of ether oxygens (including phenoxy) is 1. The van der Waals surface area contributed by atoms with Gasteiger partial charge in [-0.3, -0.25) is 14.1 Å². The minimum atomic E-state index is -3.60. The predicted molar refractivity (Wildman–Crippen MR) is 75.2 cm³/mol. The Morgan fingerprint density at radius 1 is 1.41 bits per heavy atom. The van der Waals surface area contributed by atoms with Crippen LogP contribution in [-0.4, -0.2) is 45.0 Å². The van der Waals surface area contributed by atoms with Crippen molar-refractivity contribution >= 4 is 33.0 Å². The Morgan fingerprint density at radius 3 is 2.91 bits per heavy atom. The van der Waals surface area contributed by atoms with Crippen molar-refractivity contribution in [1.82, 2.24) is 4.98 Å². The van der Waals surface area contributed by atoms with Crippen LogP contribution in [0.5, 0.6) is 0 Å². The highest BCUT2D eigenvalue weighted by Crippen LogP contribution is 2.25. The number of aromatic amines is 1. The summed E-state index contributed by atoms with van der Waals surface area (Å²) in [6.45, 7) is -0.114. The monoisotopic (exact) mass is 328 g/mol. The first-order valence-corrected chi connectivity index (χ1v) is 8.09. The highest BCUT2D eigenvalue weighted by molar-refractivity contribution is 7.85. The van der Waals surface area contributed by atoms with Crippen molar-refractivity contribution in [2.24, 2.45) is 0 Å². The number of H-pyrrole nitrogens is 1. The first kappa shape index (κ1) is 14.6. The lowest BCUT2D eigenvalue weighted by atomic mass is 10.2. The van der Waals surface area contributed by atoms with Crippen LogP contribution in [0.3, 0.4) is 0 Å². The number of fused-ring (bicyclic) bond motifs is 1. The van der Waals surface area contributed by atoms with Gasteiger partial charge in [0.05, 0.1) is 24.0 Å². The lowest BCUT2D eigenvalue weighted by molar-refractivity contribution is 0.107. The van der Waals surface area contributed by atoms with Crippen molar-refractivity contribution in [3.63, 3.8) is 0 Å². The molecule has 1 aromatic carbocycles. The van der Waals surface area contributed by atoms with Crippen molar-refractivity contribution in [3.05, 3.63) is 28.7 Å². The van der Waals surface area contributed by atoms with E-state index in [2.05, 4.69) is 9.17 Å². The van der Waals surface area contributed by atoms with E-state index in [1.165, 1.54) is 11.0 Å². The van der Waals surface area contributed by atoms with E-state index < -0.39 is 28.1 Å². The maximum Gasteiger partial charge on any atom is 0.417 e. The molecule has 2 aromatic rings. The fraction of sp³-hybridized carbons (Fsp3) is 0.333. The van der Waals surface area contributed by atoms with Crippen molar-refractivity contribution < 1.29 is 26.5 Å². The zero-order valence-electron chi connectivity index (χ0n) is 11.4. The van der Waals surface area contributed by atoms with Crippen LogP contribution >= 0.6 is 0 Å². The van der Waals surface area contributed by atoms with Gasteiger partial charge in [0, 0.05) is 6.07 Å². The van der Waals surface area contributed by atoms with Crippen LogP contribution in [0.15, 0.2) is 27.4 Å². The molecule has 1 aromatic heterocycles. The standard InChI is InChI=1S/C12H12N2O7S/c1-22(17,18)19-6-8-5-14(12(16)20-8)7-2-3-9-10(4-7)21-11(15)13-9/h2-4,8H,5-6H2,1H3,(H,13,15)/t8-/m1/s1. The molecular formula is C12H12N2O7S. The second-order valence-corrected chi connectivity index (χ2v) is 6.44. The molecule has 0 saturated carbocycles. The zero-order chi connectivity index (χ0) is 15.9. The summed E-state index contributed by atoms with van der Waals surface area (Å²) in [5.41, 5.74) is 1.30. The number of hydrogen-bond acceptors (Lipinski definition) is 7. The van der Waals surface area contributed by atoms with E-state index in [4.69, 9.17) is 9.15 Å². The molecule has 0 radical (unpaired) electrons. The van der Waals surface area contributed by atoms with Gasteiger partial charge in [-0.15, -0.1) is 0 Å². The largest absolute Gasteiger partial charge is 0.441 e. The van der Waals surface area contributed by atoms with Crippen LogP contribution in [0.4, 0.5) is 10.5 Å². The molecule has 22 heavy (non-hydrogen) atoms. The number of hydrogen-bond donors (Lipinski definition) is 1. The summed E-state index contributed by atoms with van der Waals surface area (Å²) < 4.78 is 36.5. The maximum absolute atomic E-state index is 11.8. The van der Waals surface area contributed by atoms with Crippen LogP contribution in [0.2, 0.25) is 0 Å². The van der Waals surface area contributed by atoms with Gasteiger partial charge in [-0.1, -0.05) is 0 Å². The van der Waals surface area contributed by atoms with E-state index in [0.29, 0.717) is 16.8 Å². The average molecular weight is 328 g/mol. The maximum atomic E-state index is 11.8. The summed E-state index contributed by atoms with van der Waals surface area (Å²) in [5.74, 6) is -0.587. The SMILES string of the molecule is CS(=O)(=O)OC[C@H]1CN(c2ccc3[nH]c(=O)oc3c2)C(=O)O1.